The summed E-state index contributed by atoms with van der Waals surface area (Å²) in [6.07, 6.45) is 3.21. The molecule has 152 valence electrons. The summed E-state index contributed by atoms with van der Waals surface area (Å²) in [6, 6.07) is 18.1. The molecule has 5 aromatic rings. The van der Waals surface area contributed by atoms with Crippen molar-refractivity contribution in [3.63, 3.8) is 0 Å². The summed E-state index contributed by atoms with van der Waals surface area (Å²) < 4.78 is 6.66. The Balaban J connectivity index is 1.83. The van der Waals surface area contributed by atoms with Gasteiger partial charge in [0.2, 0.25) is 0 Å². The van der Waals surface area contributed by atoms with Crippen molar-refractivity contribution in [2.24, 2.45) is 0 Å². The van der Waals surface area contributed by atoms with E-state index in [-0.39, 0.29) is 0 Å². The van der Waals surface area contributed by atoms with Crippen LogP contribution in [0, 0.1) is 0 Å². The number of aromatic nitrogens is 3. The Morgan fingerprint density at radius 1 is 0.935 bits per heavy atom. The fourth-order valence-electron chi connectivity index (χ4n) is 3.80. The lowest BCUT2D eigenvalue weighted by atomic mass is 10.0. The summed E-state index contributed by atoms with van der Waals surface area (Å²) in [6.45, 7) is 0. The van der Waals surface area contributed by atoms with Gasteiger partial charge in [0.25, 0.3) is 5.56 Å². The maximum Gasteiger partial charge on any atom is 0.333 e. The molecule has 0 aliphatic carbocycles. The van der Waals surface area contributed by atoms with Crippen LogP contribution >= 0.6 is 11.6 Å². The van der Waals surface area contributed by atoms with Gasteiger partial charge in [-0.2, -0.15) is 0 Å². The van der Waals surface area contributed by atoms with Crippen LogP contribution in [0.1, 0.15) is 0 Å². The van der Waals surface area contributed by atoms with Crippen molar-refractivity contribution in [1.29, 1.82) is 0 Å². The number of aromatic amines is 1. The van der Waals surface area contributed by atoms with Gasteiger partial charge >= 0.3 is 5.69 Å². The zero-order chi connectivity index (χ0) is 21.5. The van der Waals surface area contributed by atoms with Crippen LogP contribution < -0.4 is 16.0 Å². The molecule has 2 aromatic heterocycles. The second kappa shape index (κ2) is 7.41. The summed E-state index contributed by atoms with van der Waals surface area (Å²) in [5.74, 6) is 0.479. The lowest BCUT2D eigenvalue weighted by molar-refractivity contribution is 0.417. The number of rotatable bonds is 3. The van der Waals surface area contributed by atoms with Gasteiger partial charge in [-0.3, -0.25) is 9.78 Å². The number of halogens is 1. The predicted octanol–water partition coefficient (Wildman–Crippen LogP) is 4.56. The van der Waals surface area contributed by atoms with Crippen LogP contribution in [-0.4, -0.2) is 21.6 Å². The van der Waals surface area contributed by atoms with Crippen LogP contribution in [0.2, 0.25) is 5.02 Å². The Labute approximate surface area is 181 Å². The first-order valence-corrected chi connectivity index (χ1v) is 9.91. The largest absolute Gasteiger partial charge is 0.496 e. The minimum atomic E-state index is -0.550. The van der Waals surface area contributed by atoms with Crippen molar-refractivity contribution < 1.29 is 4.74 Å². The number of nitrogens with one attached hydrogen (secondary N) is 1. The van der Waals surface area contributed by atoms with Crippen LogP contribution in [0.25, 0.3) is 38.5 Å². The Morgan fingerprint density at radius 3 is 2.52 bits per heavy atom. The van der Waals surface area contributed by atoms with Gasteiger partial charge in [-0.05, 0) is 18.2 Å². The van der Waals surface area contributed by atoms with Crippen molar-refractivity contribution in [3.8, 4) is 22.6 Å². The molecule has 7 heteroatoms. The summed E-state index contributed by atoms with van der Waals surface area (Å²) in [7, 11) is 1.53. The molecule has 0 radical (unpaired) electrons. The van der Waals surface area contributed by atoms with Crippen molar-refractivity contribution in [1.82, 2.24) is 14.5 Å². The van der Waals surface area contributed by atoms with E-state index in [0.29, 0.717) is 32.9 Å². The molecule has 0 atom stereocenters. The third-order valence-corrected chi connectivity index (χ3v) is 5.60. The molecule has 6 nitrogen and oxygen atoms in total. The molecule has 31 heavy (non-hydrogen) atoms. The maximum atomic E-state index is 13.4. The second-order valence-electron chi connectivity index (χ2n) is 7.03. The van der Waals surface area contributed by atoms with E-state index in [0.717, 1.165) is 20.9 Å². The van der Waals surface area contributed by atoms with E-state index in [9.17, 15) is 9.59 Å². The average Bonchev–Trinajstić information content (AvgIpc) is 2.79. The van der Waals surface area contributed by atoms with Crippen LogP contribution in [0.5, 0.6) is 5.75 Å². The summed E-state index contributed by atoms with van der Waals surface area (Å²) in [5, 5.41) is 2.44. The molecule has 2 heterocycles. The van der Waals surface area contributed by atoms with E-state index in [4.69, 9.17) is 16.3 Å². The van der Waals surface area contributed by atoms with Gasteiger partial charge in [0.1, 0.15) is 5.75 Å². The second-order valence-corrected chi connectivity index (χ2v) is 7.44. The lowest BCUT2D eigenvalue weighted by Gasteiger charge is -2.13. The molecule has 0 aliphatic rings. The quantitative estimate of drug-likeness (QED) is 0.456. The van der Waals surface area contributed by atoms with Crippen molar-refractivity contribution in [2.75, 3.05) is 7.11 Å². The molecule has 0 spiro atoms. The standard InChI is InChI=1S/C24H16ClN3O3/c1-31-22-11-18-20(10-17(22)16-8-4-5-9-19(16)25)27-24(30)28(23(18)29)21-13-26-12-14-6-2-3-7-15(14)21/h2-13H,1H3,(H,27,30). The van der Waals surface area contributed by atoms with E-state index in [1.54, 1.807) is 24.4 Å². The Kier molecular flexibility index (Phi) is 4.56. The normalized spacial score (nSPS) is 11.2. The number of methoxy groups -OCH3 is 1. The molecule has 1 N–H and O–H groups in total. The molecule has 0 saturated heterocycles. The van der Waals surface area contributed by atoms with E-state index in [1.165, 1.54) is 13.3 Å². The number of H-pyrrole nitrogens is 1. The number of pyridine rings is 1. The van der Waals surface area contributed by atoms with Crippen LogP contribution in [0.3, 0.4) is 0 Å². The molecule has 3 aromatic carbocycles. The highest BCUT2D eigenvalue weighted by Gasteiger charge is 2.17. The fourth-order valence-corrected chi connectivity index (χ4v) is 4.04. The number of benzene rings is 3. The molecule has 0 bridgehead atoms. The minimum Gasteiger partial charge on any atom is -0.496 e. The first-order chi connectivity index (χ1) is 15.1. The molecular weight excluding hydrogens is 414 g/mol. The van der Waals surface area contributed by atoms with Crippen molar-refractivity contribution in [2.45, 2.75) is 0 Å². The van der Waals surface area contributed by atoms with Crippen molar-refractivity contribution in [3.05, 3.63) is 98.9 Å². The first-order valence-electron chi connectivity index (χ1n) is 9.53. The Hall–Kier alpha value is -3.90. The van der Waals surface area contributed by atoms with Gasteiger partial charge in [-0.15, -0.1) is 0 Å². The SMILES string of the molecule is COc1cc2c(=O)n(-c3cncc4ccccc34)c(=O)[nH]c2cc1-c1ccccc1Cl. The number of hydrogen-bond acceptors (Lipinski definition) is 4. The molecule has 0 fully saturated rings. The first kappa shape index (κ1) is 19.1. The van der Waals surface area contributed by atoms with Gasteiger partial charge in [-0.1, -0.05) is 54.1 Å². The third-order valence-electron chi connectivity index (χ3n) is 5.27. The van der Waals surface area contributed by atoms with Gasteiger partial charge in [-0.25, -0.2) is 9.36 Å². The number of nitrogens with zero attached hydrogens (tertiary/aromatic N) is 2. The lowest BCUT2D eigenvalue weighted by Crippen LogP contribution is -2.33. The highest BCUT2D eigenvalue weighted by atomic mass is 35.5. The highest BCUT2D eigenvalue weighted by Crippen LogP contribution is 2.36. The van der Waals surface area contributed by atoms with Gasteiger partial charge in [0.15, 0.2) is 0 Å². The van der Waals surface area contributed by atoms with E-state index >= 15 is 0 Å². The zero-order valence-corrected chi connectivity index (χ0v) is 17.2. The summed E-state index contributed by atoms with van der Waals surface area (Å²) in [4.78, 5) is 33.4. The molecule has 5 rings (SSSR count). The Morgan fingerprint density at radius 2 is 1.71 bits per heavy atom. The molecule has 0 amide bonds. The monoisotopic (exact) mass is 429 g/mol. The van der Waals surface area contributed by atoms with E-state index < -0.39 is 11.2 Å². The predicted molar refractivity (Wildman–Crippen MR) is 122 cm³/mol. The fraction of sp³-hybridized carbons (Fsp3) is 0.0417. The molecule has 0 unspecified atom stereocenters. The third kappa shape index (κ3) is 3.08. The zero-order valence-electron chi connectivity index (χ0n) is 16.4. The highest BCUT2D eigenvalue weighted by molar-refractivity contribution is 6.33. The summed E-state index contributed by atoms with van der Waals surface area (Å²) >= 11 is 6.36. The average molecular weight is 430 g/mol. The van der Waals surface area contributed by atoms with Crippen molar-refractivity contribution >= 4 is 33.3 Å². The molecule has 0 aliphatic heterocycles. The number of ether oxygens (including phenoxy) is 1. The van der Waals surface area contributed by atoms with E-state index in [1.807, 2.05) is 42.5 Å². The number of fused-ring (bicyclic) bond motifs is 2. The summed E-state index contributed by atoms with van der Waals surface area (Å²) in [5.41, 5.74) is 1.23. The van der Waals surface area contributed by atoms with Gasteiger partial charge in [0, 0.05) is 33.1 Å². The molecular formula is C24H16ClN3O3. The van der Waals surface area contributed by atoms with Crippen LogP contribution in [0.15, 0.2) is 82.6 Å². The van der Waals surface area contributed by atoms with Crippen LogP contribution in [0.4, 0.5) is 0 Å². The smallest absolute Gasteiger partial charge is 0.333 e. The van der Waals surface area contributed by atoms with Gasteiger partial charge < -0.3 is 9.72 Å². The Bertz CT molecular complexity index is 1580. The van der Waals surface area contributed by atoms with Gasteiger partial charge in [0.05, 0.1) is 29.9 Å². The van der Waals surface area contributed by atoms with Crippen LogP contribution in [-0.2, 0) is 0 Å². The molecule has 0 saturated carbocycles. The topological polar surface area (TPSA) is 77.0 Å². The minimum absolute atomic E-state index is 0.320. The van der Waals surface area contributed by atoms with E-state index in [2.05, 4.69) is 9.97 Å². The maximum absolute atomic E-state index is 13.4. The number of hydrogen-bond donors (Lipinski definition) is 1.